The third-order valence-corrected chi connectivity index (χ3v) is 3.49. The van der Waals surface area contributed by atoms with Crippen LogP contribution in [-0.2, 0) is 15.3 Å². The molecule has 0 amide bonds. The van der Waals surface area contributed by atoms with E-state index in [4.69, 9.17) is 4.18 Å². The van der Waals surface area contributed by atoms with Crippen LogP contribution in [0.15, 0.2) is 59.5 Å². The smallest absolute Gasteiger partial charge is 0.189 e. The van der Waals surface area contributed by atoms with Gasteiger partial charge in [0.25, 0.3) is 0 Å². The molecule has 2 aromatic rings. The van der Waals surface area contributed by atoms with Gasteiger partial charge in [-0.05, 0) is 30.2 Å². The van der Waals surface area contributed by atoms with Gasteiger partial charge in [0.1, 0.15) is 0 Å². The van der Waals surface area contributed by atoms with Crippen molar-refractivity contribution in [2.45, 2.75) is 11.8 Å². The summed E-state index contributed by atoms with van der Waals surface area (Å²) < 4.78 is 16.6. The van der Waals surface area contributed by atoms with E-state index in [1.807, 2.05) is 49.4 Å². The Kier molecular flexibility index (Phi) is 4.07. The second-order valence-corrected chi connectivity index (χ2v) is 4.71. The predicted molar refractivity (Wildman–Crippen MR) is 69.9 cm³/mol. The minimum atomic E-state index is -1.35. The van der Waals surface area contributed by atoms with E-state index in [1.165, 1.54) is 0 Å². The van der Waals surface area contributed by atoms with Crippen LogP contribution in [0.3, 0.4) is 0 Å². The molecule has 0 radical (unpaired) electrons. The Hall–Kier alpha value is -1.45. The van der Waals surface area contributed by atoms with Crippen LogP contribution in [0.5, 0.6) is 0 Å². The molecule has 17 heavy (non-hydrogen) atoms. The van der Waals surface area contributed by atoms with E-state index in [9.17, 15) is 4.21 Å². The van der Waals surface area contributed by atoms with E-state index in [-0.39, 0.29) is 0 Å². The van der Waals surface area contributed by atoms with Crippen LogP contribution in [0, 0.1) is 0 Å². The Labute approximate surface area is 104 Å². The summed E-state index contributed by atoms with van der Waals surface area (Å²) in [6.45, 7) is 2.28. The third kappa shape index (κ3) is 3.02. The molecular formula is C14H14O2S. The van der Waals surface area contributed by atoms with E-state index in [0.29, 0.717) is 11.5 Å². The van der Waals surface area contributed by atoms with Crippen molar-refractivity contribution in [1.29, 1.82) is 0 Å². The molecule has 1 atom stereocenters. The Morgan fingerprint density at radius 2 is 1.53 bits per heavy atom. The van der Waals surface area contributed by atoms with Crippen LogP contribution in [0.4, 0.5) is 0 Å². The van der Waals surface area contributed by atoms with Crippen LogP contribution >= 0.6 is 0 Å². The zero-order valence-corrected chi connectivity index (χ0v) is 10.4. The molecule has 2 nitrogen and oxygen atoms in total. The summed E-state index contributed by atoms with van der Waals surface area (Å²) in [5, 5.41) is 0. The summed E-state index contributed by atoms with van der Waals surface area (Å²) in [5.41, 5.74) is 2.27. The summed E-state index contributed by atoms with van der Waals surface area (Å²) in [7, 11) is 0. The molecule has 0 aliphatic heterocycles. The number of hydrogen-bond donors (Lipinski definition) is 0. The number of hydrogen-bond acceptors (Lipinski definition) is 2. The largest absolute Gasteiger partial charge is 0.287 e. The molecule has 0 aliphatic rings. The molecule has 0 spiro atoms. The van der Waals surface area contributed by atoms with Crippen LogP contribution in [0.25, 0.3) is 11.1 Å². The first-order chi connectivity index (χ1) is 8.31. The fraction of sp³-hybridized carbons (Fsp3) is 0.143. The molecule has 0 saturated heterocycles. The highest BCUT2D eigenvalue weighted by atomic mass is 32.2. The quantitative estimate of drug-likeness (QED) is 0.826. The topological polar surface area (TPSA) is 26.3 Å². The van der Waals surface area contributed by atoms with Crippen molar-refractivity contribution in [3.8, 4) is 11.1 Å². The maximum absolute atomic E-state index is 11.6. The minimum absolute atomic E-state index is 0.451. The van der Waals surface area contributed by atoms with Crippen molar-refractivity contribution in [1.82, 2.24) is 0 Å². The van der Waals surface area contributed by atoms with Gasteiger partial charge < -0.3 is 0 Å². The first-order valence-electron chi connectivity index (χ1n) is 5.52. The first-order valence-corrected chi connectivity index (χ1v) is 6.59. The molecule has 0 fully saturated rings. The molecular weight excluding hydrogens is 232 g/mol. The summed E-state index contributed by atoms with van der Waals surface area (Å²) in [6.07, 6.45) is 0. The highest BCUT2D eigenvalue weighted by molar-refractivity contribution is 7.80. The molecule has 0 aromatic heterocycles. The molecule has 0 saturated carbocycles. The molecule has 0 N–H and O–H groups in total. The summed E-state index contributed by atoms with van der Waals surface area (Å²) in [5.74, 6) is 0. The molecule has 3 heteroatoms. The van der Waals surface area contributed by atoms with Gasteiger partial charge in [0, 0.05) is 0 Å². The molecule has 2 aromatic carbocycles. The zero-order chi connectivity index (χ0) is 12.1. The highest BCUT2D eigenvalue weighted by Crippen LogP contribution is 2.20. The van der Waals surface area contributed by atoms with Gasteiger partial charge in [-0.25, -0.2) is 4.21 Å². The molecule has 0 aliphatic carbocycles. The summed E-state index contributed by atoms with van der Waals surface area (Å²) in [4.78, 5) is 0.700. The van der Waals surface area contributed by atoms with Crippen LogP contribution < -0.4 is 0 Å². The third-order valence-electron chi connectivity index (χ3n) is 2.38. The lowest BCUT2D eigenvalue weighted by atomic mass is 10.1. The van der Waals surface area contributed by atoms with Crippen molar-refractivity contribution in [2.24, 2.45) is 0 Å². The second kappa shape index (κ2) is 5.75. The van der Waals surface area contributed by atoms with E-state index in [1.54, 1.807) is 0 Å². The Bertz CT molecular complexity index is 491. The standard InChI is InChI=1S/C14H14O2S/c1-2-16-17(15)14-10-8-13(9-11-14)12-6-4-3-5-7-12/h3-11H,2H2,1H3/t17-/m1/s1. The van der Waals surface area contributed by atoms with Gasteiger partial charge in [-0.3, -0.25) is 4.18 Å². The summed E-state index contributed by atoms with van der Waals surface area (Å²) in [6, 6.07) is 17.7. The summed E-state index contributed by atoms with van der Waals surface area (Å²) >= 11 is -1.35. The van der Waals surface area contributed by atoms with Gasteiger partial charge in [-0.1, -0.05) is 42.5 Å². The molecule has 0 heterocycles. The van der Waals surface area contributed by atoms with Crippen LogP contribution in [-0.4, -0.2) is 10.8 Å². The highest BCUT2D eigenvalue weighted by Gasteiger charge is 2.03. The van der Waals surface area contributed by atoms with Crippen LogP contribution in [0.2, 0.25) is 0 Å². The molecule has 88 valence electrons. The van der Waals surface area contributed by atoms with Crippen LogP contribution in [0.1, 0.15) is 6.92 Å². The van der Waals surface area contributed by atoms with Gasteiger partial charge in [0.15, 0.2) is 11.1 Å². The molecule has 0 unspecified atom stereocenters. The molecule has 0 bridgehead atoms. The first kappa shape index (κ1) is 12.0. The maximum atomic E-state index is 11.6. The lowest BCUT2D eigenvalue weighted by molar-refractivity contribution is 0.371. The number of rotatable bonds is 4. The van der Waals surface area contributed by atoms with Crippen molar-refractivity contribution in [2.75, 3.05) is 6.61 Å². The van der Waals surface area contributed by atoms with Crippen molar-refractivity contribution in [3.63, 3.8) is 0 Å². The minimum Gasteiger partial charge on any atom is -0.287 e. The average Bonchev–Trinajstić information content (AvgIpc) is 2.40. The SMILES string of the molecule is CCO[S@@](=O)c1ccc(-c2ccccc2)cc1. The lowest BCUT2D eigenvalue weighted by Gasteiger charge is -2.04. The predicted octanol–water partition coefficient (Wildman–Crippen LogP) is 3.41. The van der Waals surface area contributed by atoms with E-state index in [0.717, 1.165) is 11.1 Å². The normalized spacial score (nSPS) is 12.3. The molecule has 2 rings (SSSR count). The van der Waals surface area contributed by atoms with Gasteiger partial charge in [0.2, 0.25) is 0 Å². The van der Waals surface area contributed by atoms with Crippen molar-refractivity contribution < 1.29 is 8.39 Å². The van der Waals surface area contributed by atoms with Crippen molar-refractivity contribution >= 4 is 11.1 Å². The fourth-order valence-corrected chi connectivity index (χ4v) is 2.27. The van der Waals surface area contributed by atoms with E-state index >= 15 is 0 Å². The Balaban J connectivity index is 2.22. The zero-order valence-electron chi connectivity index (χ0n) is 9.63. The van der Waals surface area contributed by atoms with Gasteiger partial charge in [0.05, 0.1) is 11.5 Å². The van der Waals surface area contributed by atoms with E-state index < -0.39 is 11.1 Å². The monoisotopic (exact) mass is 246 g/mol. The van der Waals surface area contributed by atoms with Gasteiger partial charge in [-0.2, -0.15) is 0 Å². The van der Waals surface area contributed by atoms with Crippen molar-refractivity contribution in [3.05, 3.63) is 54.6 Å². The lowest BCUT2D eigenvalue weighted by Crippen LogP contribution is -1.96. The Morgan fingerprint density at radius 1 is 0.941 bits per heavy atom. The van der Waals surface area contributed by atoms with Gasteiger partial charge >= 0.3 is 0 Å². The van der Waals surface area contributed by atoms with E-state index in [2.05, 4.69) is 12.1 Å². The maximum Gasteiger partial charge on any atom is 0.189 e. The average molecular weight is 246 g/mol. The second-order valence-electron chi connectivity index (χ2n) is 3.53. The Morgan fingerprint density at radius 3 is 2.12 bits per heavy atom. The number of benzene rings is 2. The fourth-order valence-electron chi connectivity index (χ4n) is 1.56. The van der Waals surface area contributed by atoms with Gasteiger partial charge in [-0.15, -0.1) is 0 Å².